The highest BCUT2D eigenvalue weighted by Gasteiger charge is 2.45. The van der Waals surface area contributed by atoms with Gasteiger partial charge in [0, 0.05) is 16.6 Å². The molecule has 1 saturated heterocycles. The molecule has 0 spiro atoms. The molecule has 2 aromatic rings. The van der Waals surface area contributed by atoms with E-state index in [9.17, 15) is 14.7 Å². The predicted molar refractivity (Wildman–Crippen MR) is 114 cm³/mol. The lowest BCUT2D eigenvalue weighted by atomic mass is 9.94. The summed E-state index contributed by atoms with van der Waals surface area (Å²) >= 11 is 3.45. The number of aryl methyl sites for hydroxylation is 2. The zero-order valence-corrected chi connectivity index (χ0v) is 17.9. The van der Waals surface area contributed by atoms with E-state index in [1.807, 2.05) is 57.2 Å². The summed E-state index contributed by atoms with van der Waals surface area (Å²) in [4.78, 5) is 27.3. The minimum atomic E-state index is -0.624. The zero-order chi connectivity index (χ0) is 20.4. The van der Waals surface area contributed by atoms with Crippen LogP contribution >= 0.6 is 15.9 Å². The van der Waals surface area contributed by atoms with Crippen LogP contribution in [0.25, 0.3) is 5.76 Å². The van der Waals surface area contributed by atoms with Crippen molar-refractivity contribution in [1.29, 1.82) is 0 Å². The first kappa shape index (κ1) is 20.3. The Labute approximate surface area is 174 Å². The molecule has 1 aliphatic rings. The van der Waals surface area contributed by atoms with Crippen LogP contribution < -0.4 is 0 Å². The molecule has 1 heterocycles. The van der Waals surface area contributed by atoms with Gasteiger partial charge < -0.3 is 10.0 Å². The van der Waals surface area contributed by atoms with Gasteiger partial charge in [-0.3, -0.25) is 9.59 Å². The lowest BCUT2D eigenvalue weighted by Gasteiger charge is -2.25. The largest absolute Gasteiger partial charge is 0.507 e. The van der Waals surface area contributed by atoms with Crippen molar-refractivity contribution in [3.8, 4) is 0 Å². The Hall–Kier alpha value is -2.40. The van der Waals surface area contributed by atoms with Crippen LogP contribution in [-0.2, 0) is 9.59 Å². The number of carbonyl (C=O) groups excluding carboxylic acids is 2. The maximum atomic E-state index is 12.9. The number of hydrogen-bond donors (Lipinski definition) is 1. The number of halogens is 1. The summed E-state index contributed by atoms with van der Waals surface area (Å²) in [6, 6.07) is 12.6. The number of aliphatic hydroxyl groups is 1. The van der Waals surface area contributed by atoms with E-state index in [0.717, 1.165) is 34.0 Å². The summed E-state index contributed by atoms with van der Waals surface area (Å²) in [5.74, 6) is -1.30. The lowest BCUT2D eigenvalue weighted by molar-refractivity contribution is -0.139. The van der Waals surface area contributed by atoms with Gasteiger partial charge in [0.05, 0.1) is 11.6 Å². The topological polar surface area (TPSA) is 57.6 Å². The molecule has 1 amide bonds. The number of ketones is 1. The van der Waals surface area contributed by atoms with Gasteiger partial charge in [-0.05, 0) is 43.5 Å². The van der Waals surface area contributed by atoms with E-state index in [1.165, 1.54) is 0 Å². The Morgan fingerprint density at radius 2 is 1.89 bits per heavy atom. The fourth-order valence-corrected chi connectivity index (χ4v) is 3.82. The molecule has 146 valence electrons. The third-order valence-corrected chi connectivity index (χ3v) is 5.97. The van der Waals surface area contributed by atoms with Gasteiger partial charge >= 0.3 is 0 Å². The maximum absolute atomic E-state index is 12.9. The summed E-state index contributed by atoms with van der Waals surface area (Å²) in [5.41, 5.74) is 3.51. The minimum absolute atomic E-state index is 0.126. The van der Waals surface area contributed by atoms with Crippen LogP contribution in [0.1, 0.15) is 48.1 Å². The highest BCUT2D eigenvalue weighted by atomic mass is 79.9. The van der Waals surface area contributed by atoms with E-state index in [0.29, 0.717) is 12.1 Å². The van der Waals surface area contributed by atoms with Crippen molar-refractivity contribution in [2.75, 3.05) is 6.54 Å². The fourth-order valence-electron chi connectivity index (χ4n) is 3.57. The molecule has 4 nitrogen and oxygen atoms in total. The summed E-state index contributed by atoms with van der Waals surface area (Å²) in [7, 11) is 0. The number of likely N-dealkylation sites (tertiary alicyclic amines) is 1. The molecule has 1 unspecified atom stereocenters. The van der Waals surface area contributed by atoms with Gasteiger partial charge in [0.15, 0.2) is 0 Å². The minimum Gasteiger partial charge on any atom is -0.507 e. The van der Waals surface area contributed by atoms with Crippen molar-refractivity contribution in [3.63, 3.8) is 0 Å². The standard InChI is InChI=1S/C23H24BrNO3/c1-4-5-11-25-20(16-8-6-7-14(2)12-16)19(22(27)23(25)28)21(26)17-9-10-18(24)15(3)13-17/h6-10,12-13,20,26H,4-5,11H2,1-3H3/b21-19-. The Morgan fingerprint density at radius 3 is 2.54 bits per heavy atom. The smallest absolute Gasteiger partial charge is 0.295 e. The van der Waals surface area contributed by atoms with E-state index in [2.05, 4.69) is 15.9 Å². The van der Waals surface area contributed by atoms with E-state index >= 15 is 0 Å². The molecule has 28 heavy (non-hydrogen) atoms. The molecule has 0 bridgehead atoms. The molecule has 0 saturated carbocycles. The van der Waals surface area contributed by atoms with Crippen molar-refractivity contribution in [2.24, 2.45) is 0 Å². The third kappa shape index (κ3) is 3.76. The zero-order valence-electron chi connectivity index (χ0n) is 16.3. The monoisotopic (exact) mass is 441 g/mol. The van der Waals surface area contributed by atoms with Crippen molar-refractivity contribution < 1.29 is 14.7 Å². The number of carbonyl (C=O) groups is 2. The molecule has 0 radical (unpaired) electrons. The second-order valence-corrected chi connectivity index (χ2v) is 8.08. The van der Waals surface area contributed by atoms with Crippen LogP contribution in [0.3, 0.4) is 0 Å². The van der Waals surface area contributed by atoms with Crippen LogP contribution in [0.4, 0.5) is 0 Å². The summed E-state index contributed by atoms with van der Waals surface area (Å²) in [6.07, 6.45) is 1.71. The Balaban J connectivity index is 2.18. The molecule has 1 aliphatic heterocycles. The summed E-state index contributed by atoms with van der Waals surface area (Å²) < 4.78 is 0.919. The van der Waals surface area contributed by atoms with E-state index in [-0.39, 0.29) is 11.3 Å². The number of rotatable bonds is 5. The number of nitrogens with zero attached hydrogens (tertiary/aromatic N) is 1. The van der Waals surface area contributed by atoms with Gasteiger partial charge in [0.25, 0.3) is 11.7 Å². The number of Topliss-reactive ketones (excluding diaryl/α,β-unsaturated/α-hetero) is 1. The van der Waals surface area contributed by atoms with Gasteiger partial charge in [-0.15, -0.1) is 0 Å². The van der Waals surface area contributed by atoms with Crippen molar-refractivity contribution in [2.45, 2.75) is 39.7 Å². The molecule has 0 aromatic heterocycles. The first-order valence-electron chi connectivity index (χ1n) is 9.46. The molecule has 3 rings (SSSR count). The second kappa shape index (κ2) is 8.31. The Morgan fingerprint density at radius 1 is 1.14 bits per heavy atom. The van der Waals surface area contributed by atoms with E-state index < -0.39 is 17.7 Å². The molecule has 5 heteroatoms. The average Bonchev–Trinajstić information content (AvgIpc) is 2.92. The molecule has 0 aliphatic carbocycles. The number of hydrogen-bond acceptors (Lipinski definition) is 3. The average molecular weight is 442 g/mol. The second-order valence-electron chi connectivity index (χ2n) is 7.22. The van der Waals surface area contributed by atoms with Crippen LogP contribution in [0.5, 0.6) is 0 Å². The molecule has 2 aromatic carbocycles. The van der Waals surface area contributed by atoms with Crippen LogP contribution in [0.2, 0.25) is 0 Å². The molecular weight excluding hydrogens is 418 g/mol. The lowest BCUT2D eigenvalue weighted by Crippen LogP contribution is -2.30. The molecule has 1 atom stereocenters. The third-order valence-electron chi connectivity index (χ3n) is 5.08. The maximum Gasteiger partial charge on any atom is 0.295 e. The SMILES string of the molecule is CCCCN1C(=O)C(=O)/C(=C(\O)c2ccc(Br)c(C)c2)C1c1cccc(C)c1. The highest BCUT2D eigenvalue weighted by molar-refractivity contribution is 9.10. The van der Waals surface area contributed by atoms with Gasteiger partial charge in [-0.2, -0.15) is 0 Å². The van der Waals surface area contributed by atoms with Gasteiger partial charge in [0.2, 0.25) is 0 Å². The van der Waals surface area contributed by atoms with E-state index in [4.69, 9.17) is 0 Å². The first-order valence-corrected chi connectivity index (χ1v) is 10.3. The van der Waals surface area contributed by atoms with Crippen LogP contribution in [0.15, 0.2) is 52.5 Å². The Kier molecular flexibility index (Phi) is 6.04. The Bertz CT molecular complexity index is 964. The van der Waals surface area contributed by atoms with Crippen LogP contribution in [-0.4, -0.2) is 28.2 Å². The first-order chi connectivity index (χ1) is 13.3. The molecule has 1 fully saturated rings. The highest BCUT2D eigenvalue weighted by Crippen LogP contribution is 2.40. The molecule has 1 N–H and O–H groups in total. The van der Waals surface area contributed by atoms with Gasteiger partial charge in [-0.25, -0.2) is 0 Å². The summed E-state index contributed by atoms with van der Waals surface area (Å²) in [6.45, 7) is 6.41. The number of benzene rings is 2. The number of aliphatic hydroxyl groups excluding tert-OH is 1. The van der Waals surface area contributed by atoms with E-state index in [1.54, 1.807) is 11.0 Å². The normalized spacial score (nSPS) is 18.7. The number of amides is 1. The predicted octanol–water partition coefficient (Wildman–Crippen LogP) is 5.29. The molecular formula is C23H24BrNO3. The van der Waals surface area contributed by atoms with Crippen molar-refractivity contribution >= 4 is 33.4 Å². The van der Waals surface area contributed by atoms with Crippen molar-refractivity contribution in [3.05, 3.63) is 74.8 Å². The summed E-state index contributed by atoms with van der Waals surface area (Å²) in [5, 5.41) is 11.0. The fraction of sp³-hybridized carbons (Fsp3) is 0.304. The number of unbranched alkanes of at least 4 members (excludes halogenated alkanes) is 1. The van der Waals surface area contributed by atoms with Gasteiger partial charge in [-0.1, -0.05) is 65.2 Å². The van der Waals surface area contributed by atoms with Crippen LogP contribution in [0, 0.1) is 13.8 Å². The van der Waals surface area contributed by atoms with Crippen molar-refractivity contribution in [1.82, 2.24) is 4.90 Å². The van der Waals surface area contributed by atoms with Gasteiger partial charge in [0.1, 0.15) is 5.76 Å². The quantitative estimate of drug-likeness (QED) is 0.389.